The molecule has 1 aromatic carbocycles. The molecular weight excluding hydrogens is 248 g/mol. The number of aryl methyl sites for hydroxylation is 2. The van der Waals surface area contributed by atoms with Gasteiger partial charge >= 0.3 is 0 Å². The molecule has 0 aliphatic rings. The average molecular weight is 272 g/mol. The Morgan fingerprint density at radius 2 is 2.00 bits per heavy atom. The molecule has 2 rings (SSSR count). The van der Waals surface area contributed by atoms with Gasteiger partial charge in [0, 0.05) is 32.5 Å². The van der Waals surface area contributed by atoms with Crippen molar-refractivity contribution in [2.24, 2.45) is 0 Å². The fourth-order valence-corrected chi connectivity index (χ4v) is 2.29. The molecule has 0 fully saturated rings. The Bertz CT molecular complexity index is 584. The molecule has 0 aliphatic carbocycles. The third-order valence-corrected chi connectivity index (χ3v) is 3.31. The highest BCUT2D eigenvalue weighted by atomic mass is 15.2. The zero-order valence-electron chi connectivity index (χ0n) is 13.1. The number of hydrogen-bond donors (Lipinski definition) is 1. The maximum atomic E-state index is 4.56. The molecule has 1 heterocycles. The second kappa shape index (κ2) is 5.99. The van der Waals surface area contributed by atoms with Crippen LogP contribution < -0.4 is 10.2 Å². The molecule has 1 N–H and O–H groups in total. The predicted octanol–water partition coefficient (Wildman–Crippen LogP) is 3.38. The van der Waals surface area contributed by atoms with E-state index in [0.29, 0.717) is 0 Å². The first-order valence-electron chi connectivity index (χ1n) is 7.11. The smallest absolute Gasteiger partial charge is 0.207 e. The third kappa shape index (κ3) is 2.95. The molecular formula is C16H24N4. The van der Waals surface area contributed by atoms with Gasteiger partial charge in [0.2, 0.25) is 5.95 Å². The minimum Gasteiger partial charge on any atom is -0.377 e. The fraction of sp³-hybridized carbons (Fsp3) is 0.438. The number of nitrogens with one attached hydrogen (secondary N) is 1. The first-order chi connectivity index (χ1) is 9.52. The number of aromatic nitrogens is 2. The Kier molecular flexibility index (Phi) is 4.32. The lowest BCUT2D eigenvalue weighted by molar-refractivity contribution is 0.936. The molecule has 108 valence electrons. The lowest BCUT2D eigenvalue weighted by atomic mass is 10.1. The molecule has 4 heteroatoms. The van der Waals surface area contributed by atoms with Crippen LogP contribution in [0.2, 0.25) is 0 Å². The van der Waals surface area contributed by atoms with Crippen LogP contribution in [0.3, 0.4) is 0 Å². The number of imidazole rings is 1. The standard InChI is InChI=1S/C16H24N4/c1-6-9-17-16-18-13(3)11-20(16)14-8-7-12(2)15(10-14)19(4)5/h7-8,10-11H,6,9H2,1-5H3,(H,17,18). The fourth-order valence-electron chi connectivity index (χ4n) is 2.29. The van der Waals surface area contributed by atoms with Gasteiger partial charge < -0.3 is 10.2 Å². The maximum Gasteiger partial charge on any atom is 0.207 e. The molecule has 0 saturated carbocycles. The van der Waals surface area contributed by atoms with E-state index < -0.39 is 0 Å². The van der Waals surface area contributed by atoms with Gasteiger partial charge in [-0.2, -0.15) is 0 Å². The first kappa shape index (κ1) is 14.4. The largest absolute Gasteiger partial charge is 0.377 e. The van der Waals surface area contributed by atoms with Crippen LogP contribution in [0.5, 0.6) is 0 Å². The van der Waals surface area contributed by atoms with Crippen molar-refractivity contribution in [3.63, 3.8) is 0 Å². The molecule has 2 aromatic rings. The van der Waals surface area contributed by atoms with E-state index in [2.05, 4.69) is 72.1 Å². The van der Waals surface area contributed by atoms with Crippen LogP contribution in [-0.4, -0.2) is 30.2 Å². The second-order valence-corrected chi connectivity index (χ2v) is 5.37. The van der Waals surface area contributed by atoms with Gasteiger partial charge in [0.1, 0.15) is 0 Å². The molecule has 1 aromatic heterocycles. The highest BCUT2D eigenvalue weighted by molar-refractivity contribution is 5.59. The lowest BCUT2D eigenvalue weighted by Crippen LogP contribution is -2.11. The van der Waals surface area contributed by atoms with Crippen LogP contribution >= 0.6 is 0 Å². The highest BCUT2D eigenvalue weighted by Gasteiger charge is 2.09. The SMILES string of the molecule is CCCNc1nc(C)cn1-c1ccc(C)c(N(C)C)c1. The summed E-state index contributed by atoms with van der Waals surface area (Å²) in [5.74, 6) is 0.915. The van der Waals surface area contributed by atoms with E-state index in [1.165, 1.54) is 11.3 Å². The summed E-state index contributed by atoms with van der Waals surface area (Å²) in [6, 6.07) is 6.50. The summed E-state index contributed by atoms with van der Waals surface area (Å²) < 4.78 is 2.12. The van der Waals surface area contributed by atoms with Gasteiger partial charge in [-0.1, -0.05) is 13.0 Å². The number of nitrogens with zero attached hydrogens (tertiary/aromatic N) is 3. The number of benzene rings is 1. The van der Waals surface area contributed by atoms with Crippen molar-refractivity contribution < 1.29 is 0 Å². The van der Waals surface area contributed by atoms with Crippen LogP contribution in [0.4, 0.5) is 11.6 Å². The van der Waals surface area contributed by atoms with Crippen molar-refractivity contribution >= 4 is 11.6 Å². The van der Waals surface area contributed by atoms with Gasteiger partial charge in [0.25, 0.3) is 0 Å². The van der Waals surface area contributed by atoms with Crippen molar-refractivity contribution in [1.82, 2.24) is 9.55 Å². The minimum atomic E-state index is 0.915. The first-order valence-corrected chi connectivity index (χ1v) is 7.11. The summed E-state index contributed by atoms with van der Waals surface area (Å²) in [6.07, 6.45) is 3.16. The molecule has 4 nitrogen and oxygen atoms in total. The number of rotatable bonds is 5. The van der Waals surface area contributed by atoms with E-state index in [9.17, 15) is 0 Å². The summed E-state index contributed by atoms with van der Waals surface area (Å²) in [5, 5.41) is 3.38. The van der Waals surface area contributed by atoms with Crippen molar-refractivity contribution in [2.45, 2.75) is 27.2 Å². The zero-order chi connectivity index (χ0) is 14.7. The maximum absolute atomic E-state index is 4.56. The molecule has 0 unspecified atom stereocenters. The van der Waals surface area contributed by atoms with E-state index in [4.69, 9.17) is 0 Å². The third-order valence-electron chi connectivity index (χ3n) is 3.31. The average Bonchev–Trinajstić information content (AvgIpc) is 2.77. The normalized spacial score (nSPS) is 10.7. The van der Waals surface area contributed by atoms with Crippen molar-refractivity contribution in [3.8, 4) is 5.69 Å². The monoisotopic (exact) mass is 272 g/mol. The van der Waals surface area contributed by atoms with Crippen LogP contribution in [-0.2, 0) is 0 Å². The Balaban J connectivity index is 2.43. The van der Waals surface area contributed by atoms with E-state index >= 15 is 0 Å². The molecule has 20 heavy (non-hydrogen) atoms. The second-order valence-electron chi connectivity index (χ2n) is 5.37. The van der Waals surface area contributed by atoms with Gasteiger partial charge in [-0.25, -0.2) is 4.98 Å². The highest BCUT2D eigenvalue weighted by Crippen LogP contribution is 2.24. The van der Waals surface area contributed by atoms with Gasteiger partial charge in [0.05, 0.1) is 11.4 Å². The summed E-state index contributed by atoms with van der Waals surface area (Å²) in [4.78, 5) is 6.70. The molecule has 0 saturated heterocycles. The Morgan fingerprint density at radius 3 is 2.65 bits per heavy atom. The summed E-state index contributed by atoms with van der Waals surface area (Å²) in [6.45, 7) is 7.25. The van der Waals surface area contributed by atoms with Gasteiger partial charge in [-0.3, -0.25) is 4.57 Å². The number of anilines is 2. The quantitative estimate of drug-likeness (QED) is 0.906. The predicted molar refractivity (Wildman–Crippen MR) is 86.1 cm³/mol. The molecule has 0 aliphatic heterocycles. The van der Waals surface area contributed by atoms with Crippen LogP contribution in [0, 0.1) is 13.8 Å². The van der Waals surface area contributed by atoms with Crippen LogP contribution in [0.15, 0.2) is 24.4 Å². The van der Waals surface area contributed by atoms with Gasteiger partial charge in [-0.05, 0) is 38.0 Å². The minimum absolute atomic E-state index is 0.915. The zero-order valence-corrected chi connectivity index (χ0v) is 13.1. The summed E-state index contributed by atoms with van der Waals surface area (Å²) in [7, 11) is 4.14. The molecule has 0 radical (unpaired) electrons. The summed E-state index contributed by atoms with van der Waals surface area (Å²) >= 11 is 0. The van der Waals surface area contributed by atoms with E-state index in [0.717, 1.165) is 30.3 Å². The van der Waals surface area contributed by atoms with E-state index in [1.807, 2.05) is 6.92 Å². The molecule has 0 spiro atoms. The molecule has 0 amide bonds. The van der Waals surface area contributed by atoms with Gasteiger partial charge in [-0.15, -0.1) is 0 Å². The summed E-state index contributed by atoms with van der Waals surface area (Å²) in [5.41, 5.74) is 4.67. The topological polar surface area (TPSA) is 33.1 Å². The van der Waals surface area contributed by atoms with Crippen LogP contribution in [0.1, 0.15) is 24.6 Å². The van der Waals surface area contributed by atoms with Crippen molar-refractivity contribution in [2.75, 3.05) is 30.9 Å². The lowest BCUT2D eigenvalue weighted by Gasteiger charge is -2.18. The van der Waals surface area contributed by atoms with E-state index in [-0.39, 0.29) is 0 Å². The Hall–Kier alpha value is -1.97. The van der Waals surface area contributed by atoms with Crippen molar-refractivity contribution in [3.05, 3.63) is 35.7 Å². The Labute approximate surface area is 121 Å². The molecule has 0 bridgehead atoms. The van der Waals surface area contributed by atoms with Crippen LogP contribution in [0.25, 0.3) is 5.69 Å². The van der Waals surface area contributed by atoms with Crippen molar-refractivity contribution in [1.29, 1.82) is 0 Å². The number of hydrogen-bond acceptors (Lipinski definition) is 3. The van der Waals surface area contributed by atoms with Gasteiger partial charge in [0.15, 0.2) is 0 Å². The Morgan fingerprint density at radius 1 is 1.25 bits per heavy atom. The van der Waals surface area contributed by atoms with E-state index in [1.54, 1.807) is 0 Å². The molecule has 0 atom stereocenters.